The van der Waals surface area contributed by atoms with E-state index in [1.54, 1.807) is 36.5 Å². The molecule has 3 heterocycles. The first-order valence-electron chi connectivity index (χ1n) is 9.45. The van der Waals surface area contributed by atoms with Crippen LogP contribution < -0.4 is 9.47 Å². The molecule has 1 N–H and O–H groups in total. The molecule has 0 bridgehead atoms. The van der Waals surface area contributed by atoms with Crippen molar-refractivity contribution in [3.05, 3.63) is 76.4 Å². The monoisotopic (exact) mass is 494 g/mol. The Hall–Kier alpha value is -3.30. The summed E-state index contributed by atoms with van der Waals surface area (Å²) in [7, 11) is 1.48. The molecule has 0 saturated heterocycles. The average Bonchev–Trinajstić information content (AvgIpc) is 3.19. The van der Waals surface area contributed by atoms with Gasteiger partial charge in [-0.1, -0.05) is 23.2 Å². The predicted molar refractivity (Wildman–Crippen MR) is 117 cm³/mol. The quantitative estimate of drug-likeness (QED) is 0.312. The maximum atomic E-state index is 12.8. The molecule has 4 rings (SSSR count). The number of ether oxygens (including phenoxy) is 2. The summed E-state index contributed by atoms with van der Waals surface area (Å²) in [5.41, 5.74) is 1.20. The molecule has 4 aromatic rings. The zero-order chi connectivity index (χ0) is 23.6. The van der Waals surface area contributed by atoms with E-state index in [1.165, 1.54) is 13.2 Å². The second kappa shape index (κ2) is 9.29. The lowest BCUT2D eigenvalue weighted by molar-refractivity contribution is -0.141. The lowest BCUT2D eigenvalue weighted by Crippen LogP contribution is -2.09. The molecular formula is C22H15Cl2F3N4O2. The van der Waals surface area contributed by atoms with Crippen LogP contribution in [0.3, 0.4) is 0 Å². The highest BCUT2D eigenvalue weighted by atomic mass is 35.5. The predicted octanol–water partition coefficient (Wildman–Crippen LogP) is 6.45. The minimum absolute atomic E-state index is 0.0768. The van der Waals surface area contributed by atoms with E-state index in [-0.39, 0.29) is 11.8 Å². The van der Waals surface area contributed by atoms with E-state index >= 15 is 0 Å². The Morgan fingerprint density at radius 2 is 1.85 bits per heavy atom. The molecule has 0 aliphatic rings. The molecule has 0 spiro atoms. The Morgan fingerprint density at radius 3 is 2.55 bits per heavy atom. The van der Waals surface area contributed by atoms with Gasteiger partial charge in [-0.3, -0.25) is 4.98 Å². The van der Waals surface area contributed by atoms with E-state index in [0.717, 1.165) is 12.3 Å². The molecule has 6 nitrogen and oxygen atoms in total. The van der Waals surface area contributed by atoms with Crippen molar-refractivity contribution in [1.29, 1.82) is 0 Å². The average molecular weight is 495 g/mol. The van der Waals surface area contributed by atoms with Crippen molar-refractivity contribution in [2.75, 3.05) is 7.11 Å². The maximum Gasteiger partial charge on any atom is 0.433 e. The normalized spacial score (nSPS) is 11.5. The Kier molecular flexibility index (Phi) is 6.44. The number of imidazole rings is 1. The van der Waals surface area contributed by atoms with E-state index in [9.17, 15) is 13.2 Å². The molecule has 170 valence electrons. The summed E-state index contributed by atoms with van der Waals surface area (Å²) in [6.07, 6.45) is -1.86. The Morgan fingerprint density at radius 1 is 1.03 bits per heavy atom. The van der Waals surface area contributed by atoms with Crippen LogP contribution in [-0.4, -0.2) is 27.0 Å². The zero-order valence-electron chi connectivity index (χ0n) is 17.0. The van der Waals surface area contributed by atoms with Crippen molar-refractivity contribution in [2.24, 2.45) is 0 Å². The number of rotatable bonds is 6. The van der Waals surface area contributed by atoms with Gasteiger partial charge in [-0.15, -0.1) is 0 Å². The largest absolute Gasteiger partial charge is 0.496 e. The third kappa shape index (κ3) is 5.20. The molecule has 1 aromatic carbocycles. The summed E-state index contributed by atoms with van der Waals surface area (Å²) in [6, 6.07) is 10.8. The minimum Gasteiger partial charge on any atom is -0.496 e. The number of aromatic amines is 1. The summed E-state index contributed by atoms with van der Waals surface area (Å²) >= 11 is 12.2. The van der Waals surface area contributed by atoms with Gasteiger partial charge in [0.05, 0.1) is 12.8 Å². The van der Waals surface area contributed by atoms with Gasteiger partial charge in [0.15, 0.2) is 5.15 Å². The zero-order valence-corrected chi connectivity index (χ0v) is 18.5. The highest BCUT2D eigenvalue weighted by Gasteiger charge is 2.32. The van der Waals surface area contributed by atoms with Gasteiger partial charge in [0.1, 0.15) is 34.8 Å². The lowest BCUT2D eigenvalue weighted by Gasteiger charge is -2.12. The number of hydrogen-bond acceptors (Lipinski definition) is 5. The number of aromatic nitrogens is 4. The van der Waals surface area contributed by atoms with E-state index < -0.39 is 11.9 Å². The molecule has 0 saturated carbocycles. The second-order valence-electron chi connectivity index (χ2n) is 6.82. The molecule has 0 unspecified atom stereocenters. The lowest BCUT2D eigenvalue weighted by atomic mass is 10.1. The minimum atomic E-state index is -4.52. The first-order chi connectivity index (χ1) is 15.7. The van der Waals surface area contributed by atoms with Crippen molar-refractivity contribution in [2.45, 2.75) is 12.8 Å². The van der Waals surface area contributed by atoms with Gasteiger partial charge in [-0.05, 0) is 42.0 Å². The van der Waals surface area contributed by atoms with Crippen LogP contribution in [0.1, 0.15) is 11.3 Å². The maximum absolute atomic E-state index is 12.8. The van der Waals surface area contributed by atoms with E-state index in [0.29, 0.717) is 44.9 Å². The second-order valence-corrected chi connectivity index (χ2v) is 7.56. The van der Waals surface area contributed by atoms with Crippen LogP contribution >= 0.6 is 23.2 Å². The molecule has 33 heavy (non-hydrogen) atoms. The van der Waals surface area contributed by atoms with Crippen molar-refractivity contribution >= 4 is 23.2 Å². The smallest absolute Gasteiger partial charge is 0.433 e. The summed E-state index contributed by atoms with van der Waals surface area (Å²) in [6.45, 7) is -0.0768. The first-order valence-corrected chi connectivity index (χ1v) is 10.2. The molecule has 11 heteroatoms. The highest BCUT2D eigenvalue weighted by Crippen LogP contribution is 2.37. The molecule has 0 amide bonds. The number of benzene rings is 1. The van der Waals surface area contributed by atoms with Gasteiger partial charge in [-0.2, -0.15) is 13.2 Å². The van der Waals surface area contributed by atoms with Gasteiger partial charge in [0, 0.05) is 29.6 Å². The van der Waals surface area contributed by atoms with E-state index in [4.69, 9.17) is 32.7 Å². The van der Waals surface area contributed by atoms with Crippen LogP contribution in [0.2, 0.25) is 10.3 Å². The first kappa shape index (κ1) is 22.9. The molecule has 0 fully saturated rings. The Bertz CT molecular complexity index is 1280. The fourth-order valence-corrected chi connectivity index (χ4v) is 3.38. The van der Waals surface area contributed by atoms with Crippen molar-refractivity contribution in [3.63, 3.8) is 0 Å². The van der Waals surface area contributed by atoms with Crippen molar-refractivity contribution < 1.29 is 22.6 Å². The topological polar surface area (TPSA) is 72.9 Å². The number of methoxy groups -OCH3 is 1. The van der Waals surface area contributed by atoms with Crippen LogP contribution in [0.15, 0.2) is 54.9 Å². The Balaban J connectivity index is 1.56. The van der Waals surface area contributed by atoms with Gasteiger partial charge in [0.2, 0.25) is 0 Å². The van der Waals surface area contributed by atoms with Crippen LogP contribution in [0, 0.1) is 0 Å². The van der Waals surface area contributed by atoms with Crippen molar-refractivity contribution in [3.8, 4) is 34.1 Å². The van der Waals surface area contributed by atoms with Gasteiger partial charge in [0.25, 0.3) is 0 Å². The van der Waals surface area contributed by atoms with Crippen LogP contribution in [0.25, 0.3) is 22.6 Å². The summed E-state index contributed by atoms with van der Waals surface area (Å²) in [5.74, 6) is 1.34. The van der Waals surface area contributed by atoms with E-state index in [1.807, 2.05) is 0 Å². The molecule has 0 atom stereocenters. The number of H-pyrrole nitrogens is 1. The van der Waals surface area contributed by atoms with Crippen molar-refractivity contribution in [1.82, 2.24) is 19.9 Å². The van der Waals surface area contributed by atoms with E-state index in [2.05, 4.69) is 19.9 Å². The number of pyridine rings is 2. The molecule has 0 aliphatic carbocycles. The standard InChI is InChI=1S/C22H15Cl2F3N4O2/c1-32-16-9-14(33-11-12-6-7-28-17(8-12)22(25,26)27)3-4-15(16)19-20(24)31-21(30-19)13-2-5-18(23)29-10-13/h2-10H,11H2,1H3,(H,30,31). The fourth-order valence-electron chi connectivity index (χ4n) is 3.04. The number of nitrogens with one attached hydrogen (secondary N) is 1. The SMILES string of the molecule is COc1cc(OCc2ccnc(C(F)(F)F)c2)ccc1-c1[nH]c(-c2ccc(Cl)nc2)nc1Cl. The summed E-state index contributed by atoms with van der Waals surface area (Å²) in [5, 5.41) is 0.582. The summed E-state index contributed by atoms with van der Waals surface area (Å²) < 4.78 is 49.7. The Labute approximate surface area is 196 Å². The third-order valence-corrected chi connectivity index (χ3v) is 5.12. The number of hydrogen-bond donors (Lipinski definition) is 1. The molecular weight excluding hydrogens is 480 g/mol. The van der Waals surface area contributed by atoms with Crippen LogP contribution in [0.5, 0.6) is 11.5 Å². The summed E-state index contributed by atoms with van der Waals surface area (Å²) in [4.78, 5) is 14.8. The molecule has 0 radical (unpaired) electrons. The number of halogens is 5. The number of nitrogens with zero attached hydrogens (tertiary/aromatic N) is 3. The van der Waals surface area contributed by atoms with Crippen LogP contribution in [-0.2, 0) is 12.8 Å². The fraction of sp³-hybridized carbons (Fsp3) is 0.136. The van der Waals surface area contributed by atoms with Crippen LogP contribution in [0.4, 0.5) is 13.2 Å². The molecule has 3 aromatic heterocycles. The van der Waals surface area contributed by atoms with Gasteiger partial charge in [-0.25, -0.2) is 9.97 Å². The van der Waals surface area contributed by atoms with Gasteiger partial charge < -0.3 is 14.5 Å². The number of alkyl halides is 3. The molecule has 0 aliphatic heterocycles. The highest BCUT2D eigenvalue weighted by molar-refractivity contribution is 6.32. The van der Waals surface area contributed by atoms with Gasteiger partial charge >= 0.3 is 6.18 Å². The third-order valence-electron chi connectivity index (χ3n) is 4.62.